The van der Waals surface area contributed by atoms with E-state index in [0.717, 1.165) is 0 Å². The Balaban J connectivity index is 3.03. The van der Waals surface area contributed by atoms with Gasteiger partial charge in [0.05, 0.1) is 15.9 Å². The number of hydrogen-bond donors (Lipinski definition) is 2. The van der Waals surface area contributed by atoms with Gasteiger partial charge < -0.3 is 4.98 Å². The molecule has 72 valence electrons. The van der Waals surface area contributed by atoms with Crippen LogP contribution in [0.3, 0.4) is 0 Å². The van der Waals surface area contributed by atoms with Gasteiger partial charge in [-0.2, -0.15) is 0 Å². The fraction of sp³-hybridized carbons (Fsp3) is 0.111. The third-order valence-electron chi connectivity index (χ3n) is 1.91. The number of fused-ring (bicyclic) bond motifs is 1. The van der Waals surface area contributed by atoms with Crippen molar-refractivity contribution in [1.29, 1.82) is 0 Å². The van der Waals surface area contributed by atoms with Crippen LogP contribution in [0.4, 0.5) is 0 Å². The van der Waals surface area contributed by atoms with E-state index in [9.17, 15) is 4.79 Å². The summed E-state index contributed by atoms with van der Waals surface area (Å²) < 4.78 is 0. The Kier molecular flexibility index (Phi) is 2.25. The lowest BCUT2D eigenvalue weighted by Gasteiger charge is -2.02. The lowest BCUT2D eigenvalue weighted by molar-refractivity contribution is 1.06. The third kappa shape index (κ3) is 1.40. The normalized spacial score (nSPS) is 10.8. The molecule has 1 N–H and O–H groups in total. The molecule has 1 heterocycles. The maximum absolute atomic E-state index is 11.6. The van der Waals surface area contributed by atoms with Gasteiger partial charge in [0.1, 0.15) is 5.82 Å². The summed E-state index contributed by atoms with van der Waals surface area (Å²) >= 11 is 10.1. The fourth-order valence-corrected chi connectivity index (χ4v) is 1.73. The monoisotopic (exact) mass is 226 g/mol. The summed E-state index contributed by atoms with van der Waals surface area (Å²) in [6.07, 6.45) is 0. The number of benzene rings is 1. The number of H-pyrrole nitrogens is 1. The molecule has 2 rings (SSSR count). The number of nitrogens with zero attached hydrogens (tertiary/aromatic N) is 1. The number of aromatic amines is 1. The van der Waals surface area contributed by atoms with Crippen molar-refractivity contribution >= 4 is 35.1 Å². The molecule has 3 nitrogen and oxygen atoms in total. The molecule has 0 aliphatic carbocycles. The molecule has 2 aromatic rings. The zero-order valence-corrected chi connectivity index (χ0v) is 8.99. The van der Waals surface area contributed by atoms with Gasteiger partial charge in [-0.05, 0) is 19.1 Å². The topological polar surface area (TPSA) is 45.8 Å². The van der Waals surface area contributed by atoms with E-state index in [1.54, 1.807) is 19.1 Å². The summed E-state index contributed by atoms with van der Waals surface area (Å²) in [6.45, 7) is 1.73. The number of aromatic nitrogens is 2. The Bertz CT molecular complexity index is 564. The lowest BCUT2D eigenvalue weighted by Crippen LogP contribution is -2.10. The summed E-state index contributed by atoms with van der Waals surface area (Å²) in [7, 11) is 0. The number of halogens is 1. The molecule has 0 fully saturated rings. The van der Waals surface area contributed by atoms with Crippen LogP contribution in [0.5, 0.6) is 0 Å². The first-order valence-electron chi connectivity index (χ1n) is 3.97. The van der Waals surface area contributed by atoms with Gasteiger partial charge in [-0.3, -0.25) is 4.79 Å². The first-order chi connectivity index (χ1) is 6.59. The quantitative estimate of drug-likeness (QED) is 0.677. The largest absolute Gasteiger partial charge is 0.310 e. The number of thiol groups is 1. The third-order valence-corrected chi connectivity index (χ3v) is 2.81. The molecule has 14 heavy (non-hydrogen) atoms. The van der Waals surface area contributed by atoms with Gasteiger partial charge in [-0.1, -0.05) is 11.6 Å². The number of rotatable bonds is 0. The summed E-state index contributed by atoms with van der Waals surface area (Å²) in [4.78, 5) is 18.9. The second-order valence-electron chi connectivity index (χ2n) is 2.94. The molecule has 1 aromatic heterocycles. The summed E-state index contributed by atoms with van der Waals surface area (Å²) in [5.41, 5.74) is 0.363. The van der Waals surface area contributed by atoms with E-state index in [2.05, 4.69) is 22.6 Å². The molecule has 0 radical (unpaired) electrons. The smallest absolute Gasteiger partial charge is 0.260 e. The van der Waals surface area contributed by atoms with Crippen molar-refractivity contribution in [2.24, 2.45) is 0 Å². The molecule has 0 saturated carbocycles. The van der Waals surface area contributed by atoms with E-state index in [1.165, 1.54) is 0 Å². The van der Waals surface area contributed by atoms with Gasteiger partial charge >= 0.3 is 0 Å². The Labute approximate surface area is 90.5 Å². The van der Waals surface area contributed by atoms with Gasteiger partial charge in [0.2, 0.25) is 0 Å². The van der Waals surface area contributed by atoms with Crippen molar-refractivity contribution in [3.63, 3.8) is 0 Å². The van der Waals surface area contributed by atoms with Crippen LogP contribution in [0.2, 0.25) is 5.02 Å². The summed E-state index contributed by atoms with van der Waals surface area (Å²) in [5, 5.41) is 0.740. The van der Waals surface area contributed by atoms with Gasteiger partial charge in [0.25, 0.3) is 5.56 Å². The van der Waals surface area contributed by atoms with Crippen molar-refractivity contribution < 1.29 is 0 Å². The van der Waals surface area contributed by atoms with Crippen LogP contribution >= 0.6 is 24.2 Å². The van der Waals surface area contributed by atoms with E-state index in [4.69, 9.17) is 11.6 Å². The van der Waals surface area contributed by atoms with E-state index in [-0.39, 0.29) is 5.56 Å². The maximum Gasteiger partial charge on any atom is 0.260 e. The van der Waals surface area contributed by atoms with Crippen LogP contribution in [-0.4, -0.2) is 9.97 Å². The highest BCUT2D eigenvalue weighted by Crippen LogP contribution is 2.25. The molecule has 0 unspecified atom stereocenters. The van der Waals surface area contributed by atoms with Gasteiger partial charge in [-0.25, -0.2) is 4.98 Å². The van der Waals surface area contributed by atoms with Crippen LogP contribution in [0, 0.1) is 6.92 Å². The van der Waals surface area contributed by atoms with Crippen molar-refractivity contribution in [3.05, 3.63) is 33.3 Å². The predicted octanol–water partition coefficient (Wildman–Crippen LogP) is 2.17. The Morgan fingerprint density at radius 1 is 1.50 bits per heavy atom. The molecule has 0 spiro atoms. The van der Waals surface area contributed by atoms with E-state index < -0.39 is 0 Å². The maximum atomic E-state index is 11.6. The van der Waals surface area contributed by atoms with Crippen LogP contribution in [-0.2, 0) is 0 Å². The second kappa shape index (κ2) is 3.29. The summed E-state index contributed by atoms with van der Waals surface area (Å²) in [5.74, 6) is 0.575. The second-order valence-corrected chi connectivity index (χ2v) is 3.80. The first kappa shape index (κ1) is 9.55. The van der Waals surface area contributed by atoms with Gasteiger partial charge in [0, 0.05) is 4.90 Å². The van der Waals surface area contributed by atoms with Crippen molar-refractivity contribution in [3.8, 4) is 0 Å². The molecule has 0 saturated heterocycles. The molecule has 0 aliphatic rings. The predicted molar refractivity (Wildman–Crippen MR) is 59.4 cm³/mol. The van der Waals surface area contributed by atoms with E-state index in [0.29, 0.717) is 26.6 Å². The van der Waals surface area contributed by atoms with Crippen molar-refractivity contribution in [2.75, 3.05) is 0 Å². The van der Waals surface area contributed by atoms with Crippen molar-refractivity contribution in [2.45, 2.75) is 11.8 Å². The van der Waals surface area contributed by atoms with Gasteiger partial charge in [-0.15, -0.1) is 12.6 Å². The molecule has 0 amide bonds. The molecule has 1 aromatic carbocycles. The molecule has 0 bridgehead atoms. The molecule has 0 atom stereocenters. The lowest BCUT2D eigenvalue weighted by atomic mass is 10.2. The van der Waals surface area contributed by atoms with Crippen LogP contribution < -0.4 is 5.56 Å². The molecular formula is C9H7ClN2OS. The number of nitrogens with one attached hydrogen (secondary N) is 1. The number of aryl methyl sites for hydroxylation is 1. The van der Waals surface area contributed by atoms with Crippen LogP contribution in [0.25, 0.3) is 10.9 Å². The van der Waals surface area contributed by atoms with Crippen molar-refractivity contribution in [1.82, 2.24) is 9.97 Å². The van der Waals surface area contributed by atoms with Crippen LogP contribution in [0.1, 0.15) is 5.82 Å². The number of hydrogen-bond acceptors (Lipinski definition) is 3. The minimum Gasteiger partial charge on any atom is -0.310 e. The highest BCUT2D eigenvalue weighted by atomic mass is 35.5. The molecular weight excluding hydrogens is 220 g/mol. The SMILES string of the molecule is Cc1nc2ccc(S)c(Cl)c2c(=O)[nH]1. The highest BCUT2D eigenvalue weighted by Gasteiger charge is 2.08. The Hall–Kier alpha value is -1.00. The highest BCUT2D eigenvalue weighted by molar-refractivity contribution is 7.80. The zero-order valence-electron chi connectivity index (χ0n) is 7.34. The van der Waals surface area contributed by atoms with E-state index >= 15 is 0 Å². The van der Waals surface area contributed by atoms with Gasteiger partial charge in [0.15, 0.2) is 0 Å². The first-order valence-corrected chi connectivity index (χ1v) is 4.80. The average molecular weight is 227 g/mol. The Morgan fingerprint density at radius 2 is 2.21 bits per heavy atom. The minimum absolute atomic E-state index is 0.228. The minimum atomic E-state index is -0.228. The zero-order chi connectivity index (χ0) is 10.3. The fourth-order valence-electron chi connectivity index (χ4n) is 1.30. The molecule has 0 aliphatic heterocycles. The Morgan fingerprint density at radius 3 is 2.93 bits per heavy atom. The van der Waals surface area contributed by atoms with Crippen LogP contribution in [0.15, 0.2) is 21.8 Å². The van der Waals surface area contributed by atoms with E-state index in [1.807, 2.05) is 0 Å². The molecule has 5 heteroatoms. The standard InChI is InChI=1S/C9H7ClN2OS/c1-4-11-5-2-3-6(14)8(10)7(5)9(13)12-4/h2-3,14H,1H3,(H,11,12,13). The summed E-state index contributed by atoms with van der Waals surface area (Å²) in [6, 6.07) is 3.45. The average Bonchev–Trinajstić information content (AvgIpc) is 2.10.